The third-order valence-electron chi connectivity index (χ3n) is 5.59. The molecule has 1 aliphatic heterocycles. The number of carbonyl (C=O) groups is 1. The normalized spacial score (nSPS) is 18.0. The number of nitrogens with zero attached hydrogens (tertiary/aromatic N) is 1. The lowest BCUT2D eigenvalue weighted by Crippen LogP contribution is -2.39. The lowest BCUT2D eigenvalue weighted by Gasteiger charge is -2.34. The van der Waals surface area contributed by atoms with Crippen LogP contribution in [0.2, 0.25) is 5.02 Å². The molecule has 0 saturated heterocycles. The monoisotopic (exact) mass is 534 g/mol. The summed E-state index contributed by atoms with van der Waals surface area (Å²) in [6.07, 6.45) is -4.05. The molecule has 0 spiro atoms. The topological polar surface area (TPSA) is 41.5 Å². The summed E-state index contributed by atoms with van der Waals surface area (Å²) in [7, 11) is 0. The van der Waals surface area contributed by atoms with Crippen molar-refractivity contribution in [1.29, 1.82) is 0 Å². The van der Waals surface area contributed by atoms with Crippen LogP contribution in [-0.4, -0.2) is 30.3 Å². The molecular formula is C25H28ClF5N2OS. The Morgan fingerprint density at radius 1 is 1.09 bits per heavy atom. The van der Waals surface area contributed by atoms with Crippen molar-refractivity contribution in [1.82, 2.24) is 5.32 Å². The fourth-order valence-electron chi connectivity index (χ4n) is 3.45. The molecule has 1 atom stereocenters. The maximum Gasteiger partial charge on any atom is 0.405 e. The van der Waals surface area contributed by atoms with E-state index < -0.39 is 29.3 Å². The molecule has 1 aliphatic rings. The van der Waals surface area contributed by atoms with Crippen molar-refractivity contribution in [2.24, 2.45) is 4.40 Å². The van der Waals surface area contributed by atoms with E-state index in [1.54, 1.807) is 23.5 Å². The first-order valence-corrected chi connectivity index (χ1v) is 12.0. The lowest BCUT2D eigenvalue weighted by molar-refractivity contribution is -0.138. The van der Waals surface area contributed by atoms with Crippen LogP contribution in [0.5, 0.6) is 0 Å². The molecule has 1 amide bonds. The summed E-state index contributed by atoms with van der Waals surface area (Å²) < 4.78 is 66.5. The molecule has 192 valence electrons. The average Bonchev–Trinajstić information content (AvgIpc) is 3.20. The third kappa shape index (κ3) is 7.67. The lowest BCUT2D eigenvalue weighted by atomic mass is 9.85. The van der Waals surface area contributed by atoms with Gasteiger partial charge in [-0.15, -0.1) is 0 Å². The van der Waals surface area contributed by atoms with Crippen molar-refractivity contribution in [2.45, 2.75) is 64.3 Å². The van der Waals surface area contributed by atoms with Crippen molar-refractivity contribution in [3.05, 3.63) is 69.2 Å². The quantitative estimate of drug-likeness (QED) is 0.315. The molecule has 0 fully saturated rings. The molecule has 1 heterocycles. The molecule has 0 aliphatic carbocycles. The summed E-state index contributed by atoms with van der Waals surface area (Å²) >= 11 is 7.10. The number of hydrogen-bond acceptors (Lipinski definition) is 3. The molecular weight excluding hydrogens is 507 g/mol. The first-order valence-electron chi connectivity index (χ1n) is 10.9. The molecule has 0 aromatic heterocycles. The number of benzene rings is 2. The van der Waals surface area contributed by atoms with Crippen LogP contribution >= 0.6 is 23.5 Å². The summed E-state index contributed by atoms with van der Waals surface area (Å²) in [5.74, 6) is -3.53. The number of alkyl halides is 5. The first kappa shape index (κ1) is 29.1. The highest BCUT2D eigenvalue weighted by molar-refractivity contribution is 7.99. The molecule has 3 nitrogen and oxygen atoms in total. The maximum atomic E-state index is 14.7. The van der Waals surface area contributed by atoms with Crippen LogP contribution in [0.4, 0.5) is 22.0 Å². The van der Waals surface area contributed by atoms with Gasteiger partial charge in [-0.1, -0.05) is 36.7 Å². The Hall–Kier alpha value is -2.13. The summed E-state index contributed by atoms with van der Waals surface area (Å²) in [4.78, 5) is 10.2. The minimum Gasteiger partial charge on any atom is -0.347 e. The van der Waals surface area contributed by atoms with Crippen molar-refractivity contribution in [3.8, 4) is 0 Å². The van der Waals surface area contributed by atoms with Crippen LogP contribution in [0.1, 0.15) is 54.5 Å². The van der Waals surface area contributed by atoms with Crippen LogP contribution in [0.3, 0.4) is 0 Å². The molecule has 0 saturated carbocycles. The zero-order valence-corrected chi connectivity index (χ0v) is 21.7. The van der Waals surface area contributed by atoms with E-state index in [1.165, 1.54) is 12.5 Å². The van der Waals surface area contributed by atoms with E-state index in [0.29, 0.717) is 16.3 Å². The van der Waals surface area contributed by atoms with Crippen LogP contribution in [0.25, 0.3) is 0 Å². The molecule has 1 N–H and O–H groups in total. The Labute approximate surface area is 211 Å². The van der Waals surface area contributed by atoms with Crippen molar-refractivity contribution in [2.75, 3.05) is 6.54 Å². The summed E-state index contributed by atoms with van der Waals surface area (Å²) in [5.41, 5.74) is 5.30. The van der Waals surface area contributed by atoms with Gasteiger partial charge < -0.3 is 5.32 Å². The molecule has 10 heteroatoms. The Kier molecular flexibility index (Phi) is 9.39. The Morgan fingerprint density at radius 2 is 1.74 bits per heavy atom. The molecule has 0 radical (unpaired) electrons. The van der Waals surface area contributed by atoms with Gasteiger partial charge in [0.1, 0.15) is 11.3 Å². The molecule has 1 unspecified atom stereocenters. The maximum absolute atomic E-state index is 14.7. The molecule has 3 rings (SSSR count). The van der Waals surface area contributed by atoms with Crippen LogP contribution in [0.15, 0.2) is 40.8 Å². The van der Waals surface area contributed by atoms with Crippen LogP contribution in [0, 0.1) is 20.8 Å². The second-order valence-corrected chi connectivity index (χ2v) is 10.1. The fourth-order valence-corrected chi connectivity index (χ4v) is 4.76. The number of carbonyl (C=O) groups excluding carboxylic acids is 1. The minimum atomic E-state index is -4.30. The summed E-state index contributed by atoms with van der Waals surface area (Å²) in [5, 5.41) is 2.18. The minimum absolute atomic E-state index is 0.0794. The van der Waals surface area contributed by atoms with E-state index in [4.69, 9.17) is 11.6 Å². The van der Waals surface area contributed by atoms with E-state index in [9.17, 15) is 26.7 Å². The number of halogens is 6. The average molecular weight is 535 g/mol. The van der Waals surface area contributed by atoms with E-state index in [0.717, 1.165) is 35.6 Å². The third-order valence-corrected chi connectivity index (χ3v) is 7.17. The van der Waals surface area contributed by atoms with Gasteiger partial charge in [0.15, 0.2) is 0 Å². The van der Waals surface area contributed by atoms with Gasteiger partial charge in [0.25, 0.3) is 5.92 Å². The molecule has 2 aromatic rings. The SMILES string of the molecule is CCC(=O)NCC(F)(F)F.Cc1cc(Cl)cc(C2(C(C)(F)F)CC(c3ccc(C)c(C)c3)=NS2)c1. The summed E-state index contributed by atoms with van der Waals surface area (Å²) in [6, 6.07) is 11.2. The predicted octanol–water partition coefficient (Wildman–Crippen LogP) is 7.73. The largest absolute Gasteiger partial charge is 0.405 e. The smallest absolute Gasteiger partial charge is 0.347 e. The first-order chi connectivity index (χ1) is 16.1. The molecule has 2 aromatic carbocycles. The second kappa shape index (κ2) is 11.3. The van der Waals surface area contributed by atoms with Crippen molar-refractivity contribution in [3.63, 3.8) is 0 Å². The van der Waals surface area contributed by atoms with Gasteiger partial charge in [-0.25, -0.2) is 13.2 Å². The van der Waals surface area contributed by atoms with E-state index in [1.807, 2.05) is 39.0 Å². The van der Waals surface area contributed by atoms with Gasteiger partial charge in [0.2, 0.25) is 5.91 Å². The highest BCUT2D eigenvalue weighted by atomic mass is 35.5. The fraction of sp³-hybridized carbons (Fsp3) is 0.440. The highest BCUT2D eigenvalue weighted by Crippen LogP contribution is 2.56. The van der Waals surface area contributed by atoms with Gasteiger partial charge in [-0.05, 0) is 78.7 Å². The van der Waals surface area contributed by atoms with E-state index in [-0.39, 0.29) is 12.8 Å². The number of rotatable bonds is 5. The number of amides is 1. The van der Waals surface area contributed by atoms with Gasteiger partial charge in [-0.3, -0.25) is 4.79 Å². The van der Waals surface area contributed by atoms with Crippen molar-refractivity contribution < 1.29 is 26.7 Å². The number of aryl methyl sites for hydroxylation is 3. The van der Waals surface area contributed by atoms with E-state index >= 15 is 0 Å². The Bertz CT molecular complexity index is 1080. The highest BCUT2D eigenvalue weighted by Gasteiger charge is 2.56. The van der Waals surface area contributed by atoms with Crippen LogP contribution < -0.4 is 5.32 Å². The van der Waals surface area contributed by atoms with Crippen molar-refractivity contribution >= 4 is 35.2 Å². The second-order valence-electron chi connectivity index (χ2n) is 8.58. The van der Waals surface area contributed by atoms with Gasteiger partial charge in [-0.2, -0.15) is 13.2 Å². The zero-order chi connectivity index (χ0) is 26.6. The van der Waals surface area contributed by atoms with Crippen LogP contribution in [-0.2, 0) is 9.54 Å². The standard InChI is InChI=1S/C20H20ClF2NS.C5H8F3NO/c1-12-7-16(10-17(21)8-12)20(19(4,22)23)11-18(24-25-20)15-6-5-13(2)14(3)9-15;1-2-4(10)9-3-5(6,7)8/h5-10H,11H2,1-4H3;2-3H2,1H3,(H,9,10). The van der Waals surface area contributed by atoms with Gasteiger partial charge in [0.05, 0.1) is 5.71 Å². The Balaban J connectivity index is 0.000000367. The molecule has 0 bridgehead atoms. The zero-order valence-electron chi connectivity index (χ0n) is 20.1. The number of nitrogens with one attached hydrogen (secondary N) is 1. The number of hydrogen-bond donors (Lipinski definition) is 1. The van der Waals surface area contributed by atoms with Gasteiger partial charge >= 0.3 is 6.18 Å². The predicted molar refractivity (Wildman–Crippen MR) is 133 cm³/mol. The van der Waals surface area contributed by atoms with Gasteiger partial charge in [0, 0.05) is 24.8 Å². The molecule has 35 heavy (non-hydrogen) atoms. The Morgan fingerprint density at radius 3 is 2.26 bits per heavy atom. The van der Waals surface area contributed by atoms with E-state index in [2.05, 4.69) is 4.40 Å². The summed E-state index contributed by atoms with van der Waals surface area (Å²) in [6.45, 7) is 7.13.